The standard InChI is InChI=1S/4C16H12/c4*1-3-7-13-11(5-1)9-15-14-8-4-2-6-12(14)10-16(13)15/h4*1-8H,9-10H2. The number of fused-ring (bicyclic) bond motifs is 16. The predicted molar refractivity (Wildman–Crippen MR) is 268 cm³/mol. The summed E-state index contributed by atoms with van der Waals surface area (Å²) in [5.74, 6) is 0. The van der Waals surface area contributed by atoms with E-state index < -0.39 is 0 Å². The molecule has 0 heterocycles. The Morgan fingerprint density at radius 3 is 0.375 bits per heavy atom. The average molecular weight is 817 g/mol. The Bertz CT molecular complexity index is 2700. The lowest BCUT2D eigenvalue weighted by Crippen LogP contribution is -1.90. The maximum Gasteiger partial charge on any atom is -0.00106 e. The van der Waals surface area contributed by atoms with Gasteiger partial charge in [0.2, 0.25) is 0 Å². The molecule has 0 spiro atoms. The van der Waals surface area contributed by atoms with Crippen molar-refractivity contribution in [2.24, 2.45) is 0 Å². The summed E-state index contributed by atoms with van der Waals surface area (Å²) in [5.41, 5.74) is 36.4. The smallest absolute Gasteiger partial charge is 0.00106 e. The van der Waals surface area contributed by atoms with Crippen molar-refractivity contribution in [2.75, 3.05) is 0 Å². The van der Waals surface area contributed by atoms with Crippen LogP contribution in [0, 0.1) is 0 Å². The molecule has 8 aromatic rings. The van der Waals surface area contributed by atoms with E-state index in [9.17, 15) is 0 Å². The fourth-order valence-electron chi connectivity index (χ4n) is 12.2. The van der Waals surface area contributed by atoms with Crippen LogP contribution in [0.5, 0.6) is 0 Å². The molecule has 0 heteroatoms. The minimum absolute atomic E-state index is 1.13. The Hall–Kier alpha value is -7.28. The molecule has 0 fully saturated rings. The Morgan fingerprint density at radius 2 is 0.250 bits per heavy atom. The molecule has 0 bridgehead atoms. The summed E-state index contributed by atoms with van der Waals surface area (Å²) < 4.78 is 0. The van der Waals surface area contributed by atoms with Crippen molar-refractivity contribution in [3.8, 4) is 0 Å². The van der Waals surface area contributed by atoms with Gasteiger partial charge in [0.15, 0.2) is 0 Å². The molecule has 8 aliphatic carbocycles. The van der Waals surface area contributed by atoms with Crippen LogP contribution in [0.1, 0.15) is 89.0 Å². The van der Waals surface area contributed by atoms with Gasteiger partial charge in [-0.1, -0.05) is 194 Å². The lowest BCUT2D eigenvalue weighted by atomic mass is 9.99. The Morgan fingerprint density at radius 1 is 0.141 bits per heavy atom. The third kappa shape index (κ3) is 6.11. The summed E-state index contributed by atoms with van der Waals surface area (Å²) in [5, 5.41) is 0. The number of allylic oxidation sites excluding steroid dienone is 8. The molecule has 0 amide bonds. The van der Waals surface area contributed by atoms with Crippen LogP contribution >= 0.6 is 0 Å². The molecular formula is C64H48. The Labute approximate surface area is 377 Å². The minimum atomic E-state index is 1.13. The molecule has 0 saturated heterocycles. The fraction of sp³-hybridized carbons (Fsp3) is 0.125. The van der Waals surface area contributed by atoms with E-state index >= 15 is 0 Å². The molecule has 0 N–H and O–H groups in total. The fourth-order valence-corrected chi connectivity index (χ4v) is 12.2. The van der Waals surface area contributed by atoms with Crippen molar-refractivity contribution >= 4 is 44.6 Å². The van der Waals surface area contributed by atoms with Crippen LogP contribution < -0.4 is 0 Å². The van der Waals surface area contributed by atoms with Gasteiger partial charge < -0.3 is 0 Å². The van der Waals surface area contributed by atoms with E-state index in [4.69, 9.17) is 0 Å². The first-order valence-corrected chi connectivity index (χ1v) is 23.3. The normalized spacial score (nSPS) is 16.0. The second-order valence-electron chi connectivity index (χ2n) is 18.5. The van der Waals surface area contributed by atoms with Crippen LogP contribution in [0.4, 0.5) is 0 Å². The number of benzene rings is 8. The van der Waals surface area contributed by atoms with Crippen molar-refractivity contribution in [3.05, 3.63) is 283 Å². The molecule has 0 atom stereocenters. The lowest BCUT2D eigenvalue weighted by Gasteiger charge is -2.05. The molecule has 0 aliphatic heterocycles. The summed E-state index contributed by atoms with van der Waals surface area (Å²) in [7, 11) is 0. The van der Waals surface area contributed by atoms with Gasteiger partial charge in [-0.2, -0.15) is 0 Å². The molecular weight excluding hydrogens is 769 g/mol. The first-order valence-electron chi connectivity index (χ1n) is 23.3. The van der Waals surface area contributed by atoms with Crippen LogP contribution in [0.25, 0.3) is 44.6 Å². The number of hydrogen-bond acceptors (Lipinski definition) is 0. The molecule has 0 radical (unpaired) electrons. The maximum absolute atomic E-state index is 2.27. The Kier molecular flexibility index (Phi) is 8.86. The monoisotopic (exact) mass is 816 g/mol. The van der Waals surface area contributed by atoms with Crippen molar-refractivity contribution in [1.29, 1.82) is 0 Å². The van der Waals surface area contributed by atoms with Crippen molar-refractivity contribution in [2.45, 2.75) is 51.4 Å². The molecule has 8 aromatic carbocycles. The van der Waals surface area contributed by atoms with E-state index in [0.29, 0.717) is 0 Å². The first kappa shape index (κ1) is 37.3. The predicted octanol–water partition coefficient (Wildman–Crippen LogP) is 14.8. The molecule has 0 unspecified atom stereocenters. The van der Waals surface area contributed by atoms with Crippen LogP contribution in [-0.2, 0) is 51.4 Å². The average Bonchev–Trinajstić information content (AvgIpc) is 4.23. The van der Waals surface area contributed by atoms with E-state index in [0.717, 1.165) is 51.4 Å². The third-order valence-electron chi connectivity index (χ3n) is 15.1. The minimum Gasteiger partial charge on any atom is -0.0619 e. The van der Waals surface area contributed by atoms with Crippen LogP contribution in [0.15, 0.2) is 194 Å². The van der Waals surface area contributed by atoms with Gasteiger partial charge in [-0.25, -0.2) is 0 Å². The van der Waals surface area contributed by atoms with Gasteiger partial charge in [0, 0.05) is 0 Å². The molecule has 8 aliphatic rings. The van der Waals surface area contributed by atoms with E-state index in [1.165, 1.54) is 89.0 Å². The molecule has 0 aromatic heterocycles. The van der Waals surface area contributed by atoms with Gasteiger partial charge in [-0.3, -0.25) is 0 Å². The highest BCUT2D eigenvalue weighted by molar-refractivity contribution is 6.05. The number of hydrogen-bond donors (Lipinski definition) is 0. The highest BCUT2D eigenvalue weighted by Crippen LogP contribution is 2.49. The molecule has 64 heavy (non-hydrogen) atoms. The highest BCUT2D eigenvalue weighted by atomic mass is 14.4. The summed E-state index contributed by atoms with van der Waals surface area (Å²) >= 11 is 0. The van der Waals surface area contributed by atoms with E-state index in [1.54, 1.807) is 44.6 Å². The summed E-state index contributed by atoms with van der Waals surface area (Å²) in [6, 6.07) is 70.6. The zero-order valence-electron chi connectivity index (χ0n) is 36.1. The van der Waals surface area contributed by atoms with Crippen molar-refractivity contribution < 1.29 is 0 Å². The van der Waals surface area contributed by atoms with Crippen LogP contribution in [0.3, 0.4) is 0 Å². The zero-order valence-corrected chi connectivity index (χ0v) is 36.1. The quantitative estimate of drug-likeness (QED) is 0.143. The maximum atomic E-state index is 2.27. The third-order valence-corrected chi connectivity index (χ3v) is 15.1. The summed E-state index contributed by atoms with van der Waals surface area (Å²) in [4.78, 5) is 0. The largest absolute Gasteiger partial charge is 0.0619 e. The van der Waals surface area contributed by atoms with Gasteiger partial charge in [0.05, 0.1) is 0 Å². The zero-order chi connectivity index (χ0) is 42.1. The van der Waals surface area contributed by atoms with E-state index in [2.05, 4.69) is 194 Å². The van der Waals surface area contributed by atoms with E-state index in [1.807, 2.05) is 0 Å². The van der Waals surface area contributed by atoms with Crippen molar-refractivity contribution in [1.82, 2.24) is 0 Å². The van der Waals surface area contributed by atoms with Gasteiger partial charge >= 0.3 is 0 Å². The summed E-state index contributed by atoms with van der Waals surface area (Å²) in [6.45, 7) is 0. The van der Waals surface area contributed by atoms with Crippen molar-refractivity contribution in [3.63, 3.8) is 0 Å². The van der Waals surface area contributed by atoms with Gasteiger partial charge in [0.25, 0.3) is 0 Å². The molecule has 0 saturated carbocycles. The Balaban J connectivity index is 0.0000000860. The molecule has 304 valence electrons. The highest BCUT2D eigenvalue weighted by Gasteiger charge is 2.32. The topological polar surface area (TPSA) is 0 Å². The molecule has 0 nitrogen and oxygen atoms in total. The van der Waals surface area contributed by atoms with E-state index in [-0.39, 0.29) is 0 Å². The number of rotatable bonds is 0. The second kappa shape index (κ2) is 15.2. The first-order chi connectivity index (χ1) is 31.7. The van der Waals surface area contributed by atoms with Gasteiger partial charge in [-0.05, 0) is 185 Å². The van der Waals surface area contributed by atoms with Crippen LogP contribution in [0.2, 0.25) is 0 Å². The molecule has 16 rings (SSSR count). The van der Waals surface area contributed by atoms with Crippen LogP contribution in [-0.4, -0.2) is 0 Å². The van der Waals surface area contributed by atoms with Gasteiger partial charge in [-0.15, -0.1) is 0 Å². The second-order valence-corrected chi connectivity index (χ2v) is 18.5. The lowest BCUT2D eigenvalue weighted by molar-refractivity contribution is 1.26. The SMILES string of the molecule is c1ccc2c(c1)CC1=C2Cc2ccccc21.c1ccc2c(c1)CC1=C2Cc2ccccc21.c1ccc2c(c1)CC1=C2Cc2ccccc21.c1ccc2c(c1)CC1=C2Cc2ccccc21. The van der Waals surface area contributed by atoms with Gasteiger partial charge in [0.1, 0.15) is 0 Å². The summed E-state index contributed by atoms with van der Waals surface area (Å²) in [6.07, 6.45) is 9.02.